The Morgan fingerprint density at radius 2 is 1.61 bits per heavy atom. The summed E-state index contributed by atoms with van der Waals surface area (Å²) in [6, 6.07) is 5.11. The molecule has 0 unspecified atom stereocenters. The predicted molar refractivity (Wildman–Crippen MR) is 99.1 cm³/mol. The minimum absolute atomic E-state index is 0.178. The molecule has 0 atom stereocenters. The van der Waals surface area contributed by atoms with Crippen molar-refractivity contribution in [1.82, 2.24) is 9.80 Å². The molecule has 0 radical (unpaired) electrons. The van der Waals surface area contributed by atoms with Crippen LogP contribution in [0.25, 0.3) is 0 Å². The Kier molecular flexibility index (Phi) is 7.62. The van der Waals surface area contributed by atoms with Crippen LogP contribution in [0.1, 0.15) is 37.0 Å². The van der Waals surface area contributed by atoms with E-state index in [1.54, 1.807) is 4.90 Å². The molecule has 1 aliphatic rings. The molecule has 0 aromatic heterocycles. The Balaban J connectivity index is 1.87. The fourth-order valence-electron chi connectivity index (χ4n) is 3.28. The van der Waals surface area contributed by atoms with Gasteiger partial charge in [0.2, 0.25) is 5.91 Å². The van der Waals surface area contributed by atoms with Crippen molar-refractivity contribution in [1.29, 1.82) is 0 Å². The van der Waals surface area contributed by atoms with Gasteiger partial charge in [-0.3, -0.25) is 14.5 Å². The summed E-state index contributed by atoms with van der Waals surface area (Å²) in [4.78, 5) is 28.5. The molecule has 0 bridgehead atoms. The van der Waals surface area contributed by atoms with Gasteiger partial charge in [-0.25, -0.2) is 0 Å². The summed E-state index contributed by atoms with van der Waals surface area (Å²) in [6.45, 7) is 7.14. The molecular formula is C20H25F3N2O3. The van der Waals surface area contributed by atoms with Gasteiger partial charge in [0.15, 0.2) is 5.78 Å². The van der Waals surface area contributed by atoms with Crippen LogP contribution < -0.4 is 4.74 Å². The smallest absolute Gasteiger partial charge is 0.406 e. The van der Waals surface area contributed by atoms with E-state index in [0.717, 1.165) is 44.1 Å². The van der Waals surface area contributed by atoms with Gasteiger partial charge >= 0.3 is 6.36 Å². The molecule has 0 spiro atoms. The van der Waals surface area contributed by atoms with Crippen molar-refractivity contribution < 1.29 is 27.5 Å². The second-order valence-electron chi connectivity index (χ2n) is 6.60. The molecule has 5 nitrogen and oxygen atoms in total. The molecule has 154 valence electrons. The van der Waals surface area contributed by atoms with Crippen LogP contribution >= 0.6 is 0 Å². The number of hydrogen-bond acceptors (Lipinski definition) is 4. The van der Waals surface area contributed by atoms with E-state index in [-0.39, 0.29) is 11.5 Å². The van der Waals surface area contributed by atoms with Gasteiger partial charge in [0.25, 0.3) is 0 Å². The normalized spacial score (nSPS) is 16.0. The molecule has 1 saturated heterocycles. The molecule has 1 aromatic carbocycles. The molecule has 28 heavy (non-hydrogen) atoms. The third kappa shape index (κ3) is 6.37. The second-order valence-corrected chi connectivity index (χ2v) is 6.60. The highest BCUT2D eigenvalue weighted by Crippen LogP contribution is 2.23. The summed E-state index contributed by atoms with van der Waals surface area (Å²) in [7, 11) is 0. The van der Waals surface area contributed by atoms with Crippen LogP contribution in [0.15, 0.2) is 36.4 Å². The van der Waals surface area contributed by atoms with E-state index >= 15 is 0 Å². The number of allylic oxidation sites excluding steroid dienone is 1. The maximum Gasteiger partial charge on any atom is 0.573 e. The summed E-state index contributed by atoms with van der Waals surface area (Å²) in [5, 5.41) is 0. The van der Waals surface area contributed by atoms with Crippen molar-refractivity contribution in [3.8, 4) is 5.75 Å². The largest absolute Gasteiger partial charge is 0.573 e. The second kappa shape index (κ2) is 9.73. The standard InChI is InChI=1S/C20H25F3N2O3/c1-3-16(4-2)24-11-13-25(14-12-24)19(27)10-9-18(26)15-5-7-17(8-6-15)28-20(21,22)23/h5-10,16H,3-4,11-14H2,1-2H3/b10-9+. The molecule has 0 saturated carbocycles. The zero-order valence-corrected chi connectivity index (χ0v) is 16.0. The van der Waals surface area contributed by atoms with Crippen LogP contribution in [0.2, 0.25) is 0 Å². The highest BCUT2D eigenvalue weighted by molar-refractivity contribution is 6.07. The van der Waals surface area contributed by atoms with Gasteiger partial charge in [0, 0.05) is 43.9 Å². The van der Waals surface area contributed by atoms with Crippen molar-refractivity contribution in [3.05, 3.63) is 42.0 Å². The van der Waals surface area contributed by atoms with Gasteiger partial charge in [-0.2, -0.15) is 0 Å². The molecule has 2 rings (SSSR count). The third-order valence-corrected chi connectivity index (χ3v) is 4.83. The molecule has 1 fully saturated rings. The number of benzene rings is 1. The van der Waals surface area contributed by atoms with E-state index in [0.29, 0.717) is 19.1 Å². The highest BCUT2D eigenvalue weighted by Gasteiger charge is 2.31. The average molecular weight is 398 g/mol. The van der Waals surface area contributed by atoms with Crippen LogP contribution in [-0.2, 0) is 4.79 Å². The quantitative estimate of drug-likeness (QED) is 0.520. The molecule has 1 aromatic rings. The molecule has 8 heteroatoms. The molecular weight excluding hydrogens is 373 g/mol. The Bertz CT molecular complexity index is 690. The Morgan fingerprint density at radius 1 is 1.04 bits per heavy atom. The lowest BCUT2D eigenvalue weighted by Crippen LogP contribution is -2.51. The third-order valence-electron chi connectivity index (χ3n) is 4.83. The van der Waals surface area contributed by atoms with Crippen molar-refractivity contribution in [2.45, 2.75) is 39.1 Å². The van der Waals surface area contributed by atoms with E-state index in [4.69, 9.17) is 0 Å². The first-order chi connectivity index (χ1) is 13.2. The van der Waals surface area contributed by atoms with E-state index in [1.165, 1.54) is 18.2 Å². The van der Waals surface area contributed by atoms with Crippen LogP contribution in [0, 0.1) is 0 Å². The lowest BCUT2D eigenvalue weighted by Gasteiger charge is -2.38. The number of rotatable bonds is 7. The van der Waals surface area contributed by atoms with E-state index in [1.807, 2.05) is 0 Å². The van der Waals surface area contributed by atoms with Gasteiger partial charge in [-0.1, -0.05) is 13.8 Å². The summed E-state index contributed by atoms with van der Waals surface area (Å²) in [6.07, 6.45) is -0.266. The van der Waals surface area contributed by atoms with Crippen molar-refractivity contribution >= 4 is 11.7 Å². The summed E-state index contributed by atoms with van der Waals surface area (Å²) in [5.74, 6) is -1.10. The molecule has 0 N–H and O–H groups in total. The number of nitrogens with zero attached hydrogens (tertiary/aromatic N) is 2. The van der Waals surface area contributed by atoms with Crippen LogP contribution in [-0.4, -0.2) is 60.1 Å². The SMILES string of the molecule is CCC(CC)N1CCN(C(=O)/C=C/C(=O)c2ccc(OC(F)(F)F)cc2)CC1. The molecule has 1 amide bonds. The lowest BCUT2D eigenvalue weighted by atomic mass is 10.1. The number of ketones is 1. The Labute approximate surface area is 162 Å². The predicted octanol–water partition coefficient (Wildman–Crippen LogP) is 3.66. The number of carbonyl (C=O) groups excluding carboxylic acids is 2. The number of halogens is 3. The van der Waals surface area contributed by atoms with Crippen LogP contribution in [0.4, 0.5) is 13.2 Å². The number of alkyl halides is 3. The van der Waals surface area contributed by atoms with Crippen molar-refractivity contribution in [2.24, 2.45) is 0 Å². The van der Waals surface area contributed by atoms with E-state index < -0.39 is 17.9 Å². The fraction of sp³-hybridized carbons (Fsp3) is 0.500. The maximum absolute atomic E-state index is 12.3. The van der Waals surface area contributed by atoms with Crippen LogP contribution in [0.5, 0.6) is 5.75 Å². The Morgan fingerprint density at radius 3 is 2.11 bits per heavy atom. The van der Waals surface area contributed by atoms with Gasteiger partial charge in [-0.15, -0.1) is 13.2 Å². The summed E-state index contributed by atoms with van der Waals surface area (Å²) < 4.78 is 40.2. The topological polar surface area (TPSA) is 49.9 Å². The Hall–Kier alpha value is -2.35. The number of piperazine rings is 1. The fourth-order valence-corrected chi connectivity index (χ4v) is 3.28. The lowest BCUT2D eigenvalue weighted by molar-refractivity contribution is -0.274. The molecule has 0 aliphatic carbocycles. The van der Waals surface area contributed by atoms with Gasteiger partial charge in [-0.05, 0) is 43.2 Å². The number of ether oxygens (including phenoxy) is 1. The van der Waals surface area contributed by atoms with E-state index in [2.05, 4.69) is 23.5 Å². The van der Waals surface area contributed by atoms with Crippen LogP contribution in [0.3, 0.4) is 0 Å². The number of hydrogen-bond donors (Lipinski definition) is 0. The number of amides is 1. The van der Waals surface area contributed by atoms with Gasteiger partial charge < -0.3 is 9.64 Å². The number of carbonyl (C=O) groups is 2. The first-order valence-electron chi connectivity index (χ1n) is 9.34. The van der Waals surface area contributed by atoms with Crippen molar-refractivity contribution in [2.75, 3.05) is 26.2 Å². The minimum Gasteiger partial charge on any atom is -0.406 e. The summed E-state index contributed by atoms with van der Waals surface area (Å²) in [5.41, 5.74) is 0.178. The monoisotopic (exact) mass is 398 g/mol. The first kappa shape index (κ1) is 21.9. The first-order valence-corrected chi connectivity index (χ1v) is 9.34. The average Bonchev–Trinajstić information content (AvgIpc) is 2.66. The van der Waals surface area contributed by atoms with Gasteiger partial charge in [0.05, 0.1) is 0 Å². The zero-order valence-electron chi connectivity index (χ0n) is 16.0. The van der Waals surface area contributed by atoms with E-state index in [9.17, 15) is 22.8 Å². The maximum atomic E-state index is 12.3. The zero-order chi connectivity index (χ0) is 20.7. The van der Waals surface area contributed by atoms with Crippen molar-refractivity contribution in [3.63, 3.8) is 0 Å². The summed E-state index contributed by atoms with van der Waals surface area (Å²) >= 11 is 0. The molecule has 1 aliphatic heterocycles. The highest BCUT2D eigenvalue weighted by atomic mass is 19.4. The van der Waals surface area contributed by atoms with Gasteiger partial charge in [0.1, 0.15) is 5.75 Å². The molecule has 1 heterocycles. The minimum atomic E-state index is -4.78.